The van der Waals surface area contributed by atoms with E-state index in [0.717, 1.165) is 16.8 Å². The first kappa shape index (κ1) is 20.7. The van der Waals surface area contributed by atoms with Crippen molar-refractivity contribution in [3.8, 4) is 22.6 Å². The largest absolute Gasteiger partial charge is 0.440 e. The van der Waals surface area contributed by atoms with Crippen LogP contribution < -0.4 is 11.1 Å². The van der Waals surface area contributed by atoms with Crippen molar-refractivity contribution in [2.24, 2.45) is 5.73 Å². The number of amides is 3. The first-order valence-corrected chi connectivity index (χ1v) is 10.5. The minimum Gasteiger partial charge on any atom is -0.440 e. The third-order valence-corrected chi connectivity index (χ3v) is 5.49. The normalized spacial score (nSPS) is 14.4. The molecule has 160 valence electrons. The number of nitrogens with two attached hydrogens (primary N) is 1. The Bertz CT molecular complexity index is 968. The van der Waals surface area contributed by atoms with Gasteiger partial charge in [-0.3, -0.25) is 4.79 Å². The van der Waals surface area contributed by atoms with E-state index < -0.39 is 6.03 Å². The maximum absolute atomic E-state index is 12.4. The molecule has 1 saturated heterocycles. The molecule has 4 rings (SSSR count). The van der Waals surface area contributed by atoms with Crippen molar-refractivity contribution in [2.75, 3.05) is 13.1 Å². The number of aromatic nitrogens is 1. The Morgan fingerprint density at radius 2 is 1.61 bits per heavy atom. The Morgan fingerprint density at radius 1 is 1.00 bits per heavy atom. The molecule has 7 nitrogen and oxygen atoms in total. The van der Waals surface area contributed by atoms with Crippen molar-refractivity contribution < 1.29 is 14.0 Å². The van der Waals surface area contributed by atoms with Crippen LogP contribution in [-0.4, -0.2) is 41.0 Å². The number of hydrogen-bond donors (Lipinski definition) is 2. The number of primary amides is 1. The molecule has 0 bridgehead atoms. The number of carbonyl (C=O) groups is 2. The van der Waals surface area contributed by atoms with Crippen LogP contribution in [0.3, 0.4) is 0 Å². The fourth-order valence-corrected chi connectivity index (χ4v) is 3.81. The maximum Gasteiger partial charge on any atom is 0.314 e. The van der Waals surface area contributed by atoms with E-state index in [1.165, 1.54) is 0 Å². The predicted molar refractivity (Wildman–Crippen MR) is 118 cm³/mol. The lowest BCUT2D eigenvalue weighted by molar-refractivity contribution is -0.122. The topological polar surface area (TPSA) is 101 Å². The van der Waals surface area contributed by atoms with Crippen LogP contribution in [0.15, 0.2) is 65.1 Å². The second-order valence-electron chi connectivity index (χ2n) is 7.68. The number of likely N-dealkylation sites (tertiary alicyclic amines) is 1. The van der Waals surface area contributed by atoms with E-state index in [1.54, 1.807) is 4.90 Å². The summed E-state index contributed by atoms with van der Waals surface area (Å²) in [6.07, 6.45) is 2.13. The number of urea groups is 1. The number of hydrogen-bond acceptors (Lipinski definition) is 4. The number of nitrogens with zero attached hydrogens (tertiary/aromatic N) is 2. The second kappa shape index (κ2) is 9.47. The molecular formula is C24H26N4O3. The third kappa shape index (κ3) is 5.12. The number of oxazole rings is 1. The monoisotopic (exact) mass is 418 g/mol. The SMILES string of the molecule is NC(=O)N1CCC(NC(=O)CCc2nc(-c3ccccc3)c(-c3ccccc3)o2)CC1. The maximum atomic E-state index is 12.4. The van der Waals surface area contributed by atoms with Crippen LogP contribution in [0.5, 0.6) is 0 Å². The van der Waals surface area contributed by atoms with Crippen LogP contribution in [0.1, 0.15) is 25.2 Å². The molecule has 0 atom stereocenters. The van der Waals surface area contributed by atoms with Crippen LogP contribution >= 0.6 is 0 Å². The van der Waals surface area contributed by atoms with Gasteiger partial charge in [-0.1, -0.05) is 60.7 Å². The van der Waals surface area contributed by atoms with E-state index in [0.29, 0.717) is 50.4 Å². The highest BCUT2D eigenvalue weighted by atomic mass is 16.4. The van der Waals surface area contributed by atoms with Crippen molar-refractivity contribution in [1.82, 2.24) is 15.2 Å². The molecule has 31 heavy (non-hydrogen) atoms. The first-order chi connectivity index (χ1) is 15.1. The Hall–Kier alpha value is -3.61. The number of rotatable bonds is 6. The van der Waals surface area contributed by atoms with Crippen LogP contribution in [0.25, 0.3) is 22.6 Å². The number of carbonyl (C=O) groups excluding carboxylic acids is 2. The minimum atomic E-state index is -0.405. The summed E-state index contributed by atoms with van der Waals surface area (Å²) in [7, 11) is 0. The highest BCUT2D eigenvalue weighted by Crippen LogP contribution is 2.32. The van der Waals surface area contributed by atoms with E-state index in [9.17, 15) is 9.59 Å². The summed E-state index contributed by atoms with van der Waals surface area (Å²) in [6.45, 7) is 1.14. The average molecular weight is 418 g/mol. The molecule has 1 fully saturated rings. The standard InChI is InChI=1S/C24H26N4O3/c25-24(30)28-15-13-19(14-16-28)26-20(29)11-12-21-27-22(17-7-3-1-4-8-17)23(31-21)18-9-5-2-6-10-18/h1-10,19H,11-16H2,(H2,25,30)(H,26,29). The lowest BCUT2D eigenvalue weighted by atomic mass is 10.1. The summed E-state index contributed by atoms with van der Waals surface area (Å²) >= 11 is 0. The third-order valence-electron chi connectivity index (χ3n) is 5.49. The molecule has 0 saturated carbocycles. The van der Waals surface area contributed by atoms with E-state index in [4.69, 9.17) is 15.1 Å². The first-order valence-electron chi connectivity index (χ1n) is 10.5. The number of aryl methyl sites for hydroxylation is 1. The van der Waals surface area contributed by atoms with Crippen LogP contribution in [-0.2, 0) is 11.2 Å². The van der Waals surface area contributed by atoms with Crippen molar-refractivity contribution in [1.29, 1.82) is 0 Å². The highest BCUT2D eigenvalue weighted by molar-refractivity contribution is 5.78. The molecule has 1 aromatic heterocycles. The van der Waals surface area contributed by atoms with Gasteiger partial charge in [-0.15, -0.1) is 0 Å². The van der Waals surface area contributed by atoms with Gasteiger partial charge in [0.15, 0.2) is 11.7 Å². The van der Waals surface area contributed by atoms with Gasteiger partial charge in [-0.25, -0.2) is 9.78 Å². The fourth-order valence-electron chi connectivity index (χ4n) is 3.81. The number of piperidine rings is 1. The van der Waals surface area contributed by atoms with Crippen LogP contribution in [0.4, 0.5) is 4.79 Å². The Morgan fingerprint density at radius 3 is 2.23 bits per heavy atom. The van der Waals surface area contributed by atoms with Gasteiger partial charge in [0.2, 0.25) is 5.91 Å². The zero-order chi connectivity index (χ0) is 21.6. The molecule has 0 spiro atoms. The van der Waals surface area contributed by atoms with E-state index in [1.807, 2.05) is 60.7 Å². The molecule has 3 aromatic rings. The molecule has 2 heterocycles. The molecule has 0 unspecified atom stereocenters. The van der Waals surface area contributed by atoms with E-state index >= 15 is 0 Å². The number of benzene rings is 2. The minimum absolute atomic E-state index is 0.0433. The second-order valence-corrected chi connectivity index (χ2v) is 7.68. The summed E-state index contributed by atoms with van der Waals surface area (Å²) in [5.74, 6) is 1.20. The Labute approximate surface area is 181 Å². The summed E-state index contributed by atoms with van der Waals surface area (Å²) in [6, 6.07) is 19.4. The van der Waals surface area contributed by atoms with Crippen LogP contribution in [0, 0.1) is 0 Å². The summed E-state index contributed by atoms with van der Waals surface area (Å²) in [4.78, 5) is 30.0. The van der Waals surface area contributed by atoms with Crippen molar-refractivity contribution >= 4 is 11.9 Å². The Balaban J connectivity index is 1.41. The van der Waals surface area contributed by atoms with Gasteiger partial charge in [0, 0.05) is 43.1 Å². The summed E-state index contributed by atoms with van der Waals surface area (Å²) in [5.41, 5.74) is 8.01. The average Bonchev–Trinajstić information content (AvgIpc) is 3.24. The van der Waals surface area contributed by atoms with Gasteiger partial charge in [0.1, 0.15) is 5.69 Å². The summed E-state index contributed by atoms with van der Waals surface area (Å²) in [5, 5.41) is 3.05. The Kier molecular flexibility index (Phi) is 6.31. The van der Waals surface area contributed by atoms with Crippen molar-refractivity contribution in [2.45, 2.75) is 31.7 Å². The van der Waals surface area contributed by atoms with Gasteiger partial charge < -0.3 is 20.4 Å². The lowest BCUT2D eigenvalue weighted by Crippen LogP contribution is -2.48. The molecule has 7 heteroatoms. The van der Waals surface area contributed by atoms with Gasteiger partial charge in [-0.05, 0) is 12.8 Å². The highest BCUT2D eigenvalue weighted by Gasteiger charge is 2.23. The molecule has 3 N–H and O–H groups in total. The zero-order valence-electron chi connectivity index (χ0n) is 17.3. The predicted octanol–water partition coefficient (Wildman–Crippen LogP) is 3.60. The molecule has 0 aliphatic carbocycles. The fraction of sp³-hybridized carbons (Fsp3) is 0.292. The van der Waals surface area contributed by atoms with Gasteiger partial charge in [-0.2, -0.15) is 0 Å². The number of nitrogens with one attached hydrogen (secondary N) is 1. The molecule has 1 aliphatic heterocycles. The molecule has 3 amide bonds. The molecule has 2 aromatic carbocycles. The van der Waals surface area contributed by atoms with E-state index in [2.05, 4.69) is 5.32 Å². The molecule has 0 radical (unpaired) electrons. The van der Waals surface area contributed by atoms with Crippen LogP contribution in [0.2, 0.25) is 0 Å². The van der Waals surface area contributed by atoms with E-state index in [-0.39, 0.29) is 11.9 Å². The smallest absolute Gasteiger partial charge is 0.314 e. The summed E-state index contributed by atoms with van der Waals surface area (Å²) < 4.78 is 6.09. The quantitative estimate of drug-likeness (QED) is 0.638. The van der Waals surface area contributed by atoms with Crippen molar-refractivity contribution in [3.05, 3.63) is 66.6 Å². The molecular weight excluding hydrogens is 392 g/mol. The zero-order valence-corrected chi connectivity index (χ0v) is 17.3. The van der Waals surface area contributed by atoms with Gasteiger partial charge in [0.25, 0.3) is 0 Å². The van der Waals surface area contributed by atoms with Gasteiger partial charge >= 0.3 is 6.03 Å². The van der Waals surface area contributed by atoms with Gasteiger partial charge in [0.05, 0.1) is 0 Å². The lowest BCUT2D eigenvalue weighted by Gasteiger charge is -2.31. The van der Waals surface area contributed by atoms with Crippen molar-refractivity contribution in [3.63, 3.8) is 0 Å². The molecule has 1 aliphatic rings.